The SMILES string of the molecule is CCCc1cnc(NC(C)(C)CNC)nc1. The number of anilines is 1. The number of nitrogens with zero attached hydrogens (tertiary/aromatic N) is 2. The standard InChI is InChI=1S/C12H22N4/c1-5-6-10-7-14-11(15-8-10)16-12(2,3)9-13-4/h7-8,13H,5-6,9H2,1-4H3,(H,14,15,16). The highest BCUT2D eigenvalue weighted by Gasteiger charge is 2.16. The fraction of sp³-hybridized carbons (Fsp3) is 0.667. The first-order valence-electron chi connectivity index (χ1n) is 5.81. The fourth-order valence-electron chi connectivity index (χ4n) is 1.63. The molecule has 0 atom stereocenters. The van der Waals surface area contributed by atoms with Gasteiger partial charge in [0.1, 0.15) is 0 Å². The molecule has 0 unspecified atom stereocenters. The van der Waals surface area contributed by atoms with Crippen LogP contribution in [0.25, 0.3) is 0 Å². The van der Waals surface area contributed by atoms with Gasteiger partial charge in [0, 0.05) is 24.5 Å². The molecule has 0 aromatic carbocycles. The van der Waals surface area contributed by atoms with Crippen molar-refractivity contribution in [3.05, 3.63) is 18.0 Å². The van der Waals surface area contributed by atoms with Crippen molar-refractivity contribution in [3.8, 4) is 0 Å². The predicted molar refractivity (Wildman–Crippen MR) is 67.7 cm³/mol. The number of likely N-dealkylation sites (N-methyl/N-ethyl adjacent to an activating group) is 1. The van der Waals surface area contributed by atoms with Crippen molar-refractivity contribution >= 4 is 5.95 Å². The van der Waals surface area contributed by atoms with Crippen LogP contribution in [0.5, 0.6) is 0 Å². The van der Waals surface area contributed by atoms with Crippen molar-refractivity contribution in [2.24, 2.45) is 0 Å². The summed E-state index contributed by atoms with van der Waals surface area (Å²) in [6.07, 6.45) is 5.96. The summed E-state index contributed by atoms with van der Waals surface area (Å²) in [5.41, 5.74) is 1.15. The van der Waals surface area contributed by atoms with Crippen molar-refractivity contribution in [1.29, 1.82) is 0 Å². The van der Waals surface area contributed by atoms with Crippen LogP contribution >= 0.6 is 0 Å². The molecule has 0 radical (unpaired) electrons. The number of nitrogens with one attached hydrogen (secondary N) is 2. The Morgan fingerprint density at radius 2 is 1.88 bits per heavy atom. The van der Waals surface area contributed by atoms with Crippen molar-refractivity contribution in [1.82, 2.24) is 15.3 Å². The van der Waals surface area contributed by atoms with E-state index in [1.165, 1.54) is 5.56 Å². The van der Waals surface area contributed by atoms with E-state index >= 15 is 0 Å². The van der Waals surface area contributed by atoms with Gasteiger partial charge in [-0.3, -0.25) is 0 Å². The first kappa shape index (κ1) is 12.9. The van der Waals surface area contributed by atoms with Crippen LogP contribution in [-0.2, 0) is 6.42 Å². The molecule has 0 amide bonds. The molecule has 4 heteroatoms. The molecule has 90 valence electrons. The van der Waals surface area contributed by atoms with Crippen molar-refractivity contribution in [2.45, 2.75) is 39.2 Å². The maximum atomic E-state index is 4.31. The van der Waals surface area contributed by atoms with E-state index in [1.807, 2.05) is 19.4 Å². The number of rotatable bonds is 6. The maximum absolute atomic E-state index is 4.31. The average Bonchev–Trinajstić information content (AvgIpc) is 2.21. The lowest BCUT2D eigenvalue weighted by Gasteiger charge is -2.25. The molecule has 0 aliphatic carbocycles. The lowest BCUT2D eigenvalue weighted by atomic mass is 10.1. The molecule has 0 saturated carbocycles. The van der Waals surface area contributed by atoms with Gasteiger partial charge < -0.3 is 10.6 Å². The highest BCUT2D eigenvalue weighted by molar-refractivity contribution is 5.28. The Kier molecular flexibility index (Phi) is 4.68. The van der Waals surface area contributed by atoms with Crippen LogP contribution in [0, 0.1) is 0 Å². The minimum Gasteiger partial charge on any atom is -0.348 e. The van der Waals surface area contributed by atoms with Gasteiger partial charge >= 0.3 is 0 Å². The van der Waals surface area contributed by atoms with E-state index < -0.39 is 0 Å². The molecule has 2 N–H and O–H groups in total. The monoisotopic (exact) mass is 222 g/mol. The summed E-state index contributed by atoms with van der Waals surface area (Å²) in [6.45, 7) is 7.26. The van der Waals surface area contributed by atoms with Gasteiger partial charge in [0.2, 0.25) is 5.95 Å². The summed E-state index contributed by atoms with van der Waals surface area (Å²) in [6, 6.07) is 0. The molecule has 0 fully saturated rings. The van der Waals surface area contributed by atoms with Crippen LogP contribution in [0.15, 0.2) is 12.4 Å². The lowest BCUT2D eigenvalue weighted by Crippen LogP contribution is -2.41. The quantitative estimate of drug-likeness (QED) is 0.771. The van der Waals surface area contributed by atoms with E-state index in [2.05, 4.69) is 41.4 Å². The second-order valence-corrected chi connectivity index (χ2v) is 4.70. The zero-order valence-electron chi connectivity index (χ0n) is 10.7. The number of aromatic nitrogens is 2. The van der Waals surface area contributed by atoms with Crippen LogP contribution in [0.1, 0.15) is 32.8 Å². The van der Waals surface area contributed by atoms with Gasteiger partial charge in [-0.15, -0.1) is 0 Å². The largest absolute Gasteiger partial charge is 0.348 e. The van der Waals surface area contributed by atoms with Gasteiger partial charge in [-0.1, -0.05) is 13.3 Å². The van der Waals surface area contributed by atoms with Crippen LogP contribution in [0.3, 0.4) is 0 Å². The van der Waals surface area contributed by atoms with Crippen molar-refractivity contribution in [3.63, 3.8) is 0 Å². The highest BCUT2D eigenvalue weighted by Crippen LogP contribution is 2.10. The Labute approximate surface area is 97.9 Å². The van der Waals surface area contributed by atoms with E-state index in [1.54, 1.807) is 0 Å². The highest BCUT2D eigenvalue weighted by atomic mass is 15.1. The van der Waals surface area contributed by atoms with Crippen molar-refractivity contribution < 1.29 is 0 Å². The van der Waals surface area contributed by atoms with E-state index in [0.29, 0.717) is 5.95 Å². The molecule has 16 heavy (non-hydrogen) atoms. The topological polar surface area (TPSA) is 49.8 Å². The summed E-state index contributed by atoms with van der Waals surface area (Å²) in [5, 5.41) is 6.45. The fourth-order valence-corrected chi connectivity index (χ4v) is 1.63. The normalized spacial score (nSPS) is 11.5. The second kappa shape index (κ2) is 5.80. The molecule has 1 aromatic heterocycles. The maximum Gasteiger partial charge on any atom is 0.223 e. The summed E-state index contributed by atoms with van der Waals surface area (Å²) in [7, 11) is 1.94. The first-order valence-corrected chi connectivity index (χ1v) is 5.81. The number of hydrogen-bond donors (Lipinski definition) is 2. The number of aryl methyl sites for hydroxylation is 1. The van der Waals surface area contributed by atoms with E-state index in [4.69, 9.17) is 0 Å². The Balaban J connectivity index is 2.61. The molecule has 0 aliphatic heterocycles. The summed E-state index contributed by atoms with van der Waals surface area (Å²) >= 11 is 0. The van der Waals surface area contributed by atoms with Gasteiger partial charge in [0.25, 0.3) is 0 Å². The Morgan fingerprint density at radius 1 is 1.25 bits per heavy atom. The van der Waals surface area contributed by atoms with Crippen LogP contribution < -0.4 is 10.6 Å². The molecule has 4 nitrogen and oxygen atoms in total. The molecule has 1 aromatic rings. The third-order valence-electron chi connectivity index (χ3n) is 2.31. The van der Waals surface area contributed by atoms with Crippen molar-refractivity contribution in [2.75, 3.05) is 18.9 Å². The van der Waals surface area contributed by atoms with Gasteiger partial charge in [-0.25, -0.2) is 9.97 Å². The molecule has 1 rings (SSSR count). The van der Waals surface area contributed by atoms with E-state index in [-0.39, 0.29) is 5.54 Å². The predicted octanol–water partition coefficient (Wildman–Crippen LogP) is 1.84. The Bertz CT molecular complexity index is 305. The smallest absolute Gasteiger partial charge is 0.223 e. The second-order valence-electron chi connectivity index (χ2n) is 4.70. The zero-order chi connectivity index (χ0) is 12.0. The third kappa shape index (κ3) is 4.14. The average molecular weight is 222 g/mol. The minimum atomic E-state index is -0.0407. The Morgan fingerprint density at radius 3 is 2.38 bits per heavy atom. The van der Waals surface area contributed by atoms with Crippen LogP contribution in [0.2, 0.25) is 0 Å². The first-order chi connectivity index (χ1) is 7.57. The molecule has 0 saturated heterocycles. The van der Waals surface area contributed by atoms with Crippen LogP contribution in [-0.4, -0.2) is 29.1 Å². The molecule has 0 aliphatic rings. The summed E-state index contributed by atoms with van der Waals surface area (Å²) in [5.74, 6) is 0.695. The van der Waals surface area contributed by atoms with Gasteiger partial charge in [0.05, 0.1) is 0 Å². The number of hydrogen-bond acceptors (Lipinski definition) is 4. The molecule has 0 spiro atoms. The van der Waals surface area contributed by atoms with Gasteiger partial charge in [-0.2, -0.15) is 0 Å². The van der Waals surface area contributed by atoms with Crippen LogP contribution in [0.4, 0.5) is 5.95 Å². The minimum absolute atomic E-state index is 0.0407. The van der Waals surface area contributed by atoms with Gasteiger partial charge in [0.15, 0.2) is 0 Å². The Hall–Kier alpha value is -1.16. The summed E-state index contributed by atoms with van der Waals surface area (Å²) in [4.78, 5) is 8.63. The lowest BCUT2D eigenvalue weighted by molar-refractivity contribution is 0.526. The zero-order valence-corrected chi connectivity index (χ0v) is 10.7. The summed E-state index contributed by atoms with van der Waals surface area (Å²) < 4.78 is 0. The molecular formula is C12H22N4. The van der Waals surface area contributed by atoms with E-state index in [9.17, 15) is 0 Å². The molecular weight excluding hydrogens is 200 g/mol. The molecule has 0 bridgehead atoms. The van der Waals surface area contributed by atoms with Gasteiger partial charge in [-0.05, 0) is 32.9 Å². The van der Waals surface area contributed by atoms with E-state index in [0.717, 1.165) is 19.4 Å². The third-order valence-corrected chi connectivity index (χ3v) is 2.31. The molecule has 1 heterocycles.